The minimum absolute atomic E-state index is 0.0961. The van der Waals surface area contributed by atoms with Crippen LogP contribution in [0.5, 0.6) is 0 Å². The molecule has 0 aromatic rings. The molecule has 2 nitrogen and oxygen atoms in total. The van der Waals surface area contributed by atoms with Gasteiger partial charge in [0, 0.05) is 12.1 Å². The number of hydrogen-bond donors (Lipinski definition) is 2. The maximum atomic E-state index is 5.88. The molecule has 0 aromatic heterocycles. The maximum Gasteiger partial charge on any atom is 0.0578 e. The molecule has 0 bridgehead atoms. The van der Waals surface area contributed by atoms with Gasteiger partial charge in [-0.2, -0.15) is 0 Å². The first kappa shape index (κ1) is 11.6. The molecule has 3 atom stereocenters. The summed E-state index contributed by atoms with van der Waals surface area (Å²) in [5.41, 5.74) is 5.98. The normalized spacial score (nSPS) is 37.9. The van der Waals surface area contributed by atoms with E-state index in [0.29, 0.717) is 19.0 Å². The fraction of sp³-hybridized carbons (Fsp3) is 0.833. The van der Waals surface area contributed by atoms with E-state index in [9.17, 15) is 0 Å². The summed E-state index contributed by atoms with van der Waals surface area (Å²) in [7, 11) is 0. The second-order valence-corrected chi connectivity index (χ2v) is 4.70. The lowest BCUT2D eigenvalue weighted by atomic mass is 9.70. The van der Waals surface area contributed by atoms with Gasteiger partial charge in [-0.25, -0.2) is 0 Å². The highest BCUT2D eigenvalue weighted by atomic mass is 15.0. The molecule has 0 spiro atoms. The van der Waals surface area contributed by atoms with E-state index in [1.165, 1.54) is 12.8 Å². The van der Waals surface area contributed by atoms with Crippen LogP contribution in [0.25, 0.3) is 0 Å². The summed E-state index contributed by atoms with van der Waals surface area (Å²) in [6.45, 7) is 5.93. The summed E-state index contributed by atoms with van der Waals surface area (Å²) in [5.74, 6) is 4.10. The molecule has 0 heterocycles. The Hall–Kier alpha value is -0.520. The van der Waals surface area contributed by atoms with E-state index in [0.717, 1.165) is 12.3 Å². The van der Waals surface area contributed by atoms with E-state index < -0.39 is 0 Å². The summed E-state index contributed by atoms with van der Waals surface area (Å²) >= 11 is 0. The largest absolute Gasteiger partial charge is 0.329 e. The molecule has 1 fully saturated rings. The van der Waals surface area contributed by atoms with Crippen molar-refractivity contribution >= 4 is 0 Å². The first-order chi connectivity index (χ1) is 6.64. The Morgan fingerprint density at radius 3 is 2.79 bits per heavy atom. The van der Waals surface area contributed by atoms with E-state index in [1.54, 1.807) is 0 Å². The average molecular weight is 194 g/mol. The number of rotatable bonds is 3. The van der Waals surface area contributed by atoms with Crippen molar-refractivity contribution in [2.75, 3.05) is 13.1 Å². The number of nitrogens with two attached hydrogens (primary N) is 1. The van der Waals surface area contributed by atoms with Crippen molar-refractivity contribution in [2.24, 2.45) is 17.6 Å². The van der Waals surface area contributed by atoms with Crippen LogP contribution >= 0.6 is 0 Å². The van der Waals surface area contributed by atoms with Gasteiger partial charge in [-0.1, -0.05) is 19.8 Å². The molecule has 0 aromatic carbocycles. The van der Waals surface area contributed by atoms with Crippen molar-refractivity contribution in [1.82, 2.24) is 5.32 Å². The Morgan fingerprint density at radius 2 is 2.29 bits per heavy atom. The van der Waals surface area contributed by atoms with Crippen LogP contribution in [-0.4, -0.2) is 18.6 Å². The van der Waals surface area contributed by atoms with E-state index in [2.05, 4.69) is 25.1 Å². The van der Waals surface area contributed by atoms with Crippen molar-refractivity contribution in [3.05, 3.63) is 0 Å². The molecule has 0 amide bonds. The molecule has 1 aliphatic rings. The lowest BCUT2D eigenvalue weighted by Gasteiger charge is -2.44. The molecular weight excluding hydrogens is 172 g/mol. The van der Waals surface area contributed by atoms with Crippen molar-refractivity contribution in [3.63, 3.8) is 0 Å². The third-order valence-corrected chi connectivity index (χ3v) is 3.69. The molecule has 2 heteroatoms. The van der Waals surface area contributed by atoms with Crippen molar-refractivity contribution in [1.29, 1.82) is 0 Å². The quantitative estimate of drug-likeness (QED) is 0.666. The van der Waals surface area contributed by atoms with Crippen LogP contribution in [0.3, 0.4) is 0 Å². The predicted molar refractivity (Wildman–Crippen MR) is 60.8 cm³/mol. The van der Waals surface area contributed by atoms with E-state index in [-0.39, 0.29) is 5.54 Å². The second kappa shape index (κ2) is 4.82. The lowest BCUT2D eigenvalue weighted by molar-refractivity contribution is 0.135. The van der Waals surface area contributed by atoms with Gasteiger partial charge >= 0.3 is 0 Å². The first-order valence-corrected chi connectivity index (χ1v) is 5.53. The van der Waals surface area contributed by atoms with E-state index in [4.69, 9.17) is 12.2 Å². The Morgan fingerprint density at radius 1 is 1.57 bits per heavy atom. The van der Waals surface area contributed by atoms with Crippen LogP contribution in [0.2, 0.25) is 0 Å². The summed E-state index contributed by atoms with van der Waals surface area (Å²) in [4.78, 5) is 0. The SMILES string of the molecule is C#CCNC1(CN)CCC(C)CC1C. The van der Waals surface area contributed by atoms with Gasteiger partial charge in [0.2, 0.25) is 0 Å². The molecule has 1 aliphatic carbocycles. The zero-order valence-electron chi connectivity index (χ0n) is 9.34. The smallest absolute Gasteiger partial charge is 0.0578 e. The summed E-state index contributed by atoms with van der Waals surface area (Å²) in [6, 6.07) is 0. The fourth-order valence-electron chi connectivity index (χ4n) is 2.56. The van der Waals surface area contributed by atoms with Gasteiger partial charge in [0.05, 0.1) is 6.54 Å². The topological polar surface area (TPSA) is 38.0 Å². The Bertz CT molecular complexity index is 219. The lowest BCUT2D eigenvalue weighted by Crippen LogP contribution is -2.58. The van der Waals surface area contributed by atoms with Crippen LogP contribution in [0.4, 0.5) is 0 Å². The summed E-state index contributed by atoms with van der Waals surface area (Å²) in [6.07, 6.45) is 8.96. The highest BCUT2D eigenvalue weighted by molar-refractivity contribution is 5.01. The third kappa shape index (κ3) is 2.29. The minimum atomic E-state index is 0.0961. The molecule has 3 unspecified atom stereocenters. The Labute approximate surface area is 87.6 Å². The van der Waals surface area contributed by atoms with Gasteiger partial charge in [0.15, 0.2) is 0 Å². The molecule has 1 saturated carbocycles. The highest BCUT2D eigenvalue weighted by Gasteiger charge is 2.38. The van der Waals surface area contributed by atoms with Gasteiger partial charge < -0.3 is 5.73 Å². The fourth-order valence-corrected chi connectivity index (χ4v) is 2.56. The predicted octanol–water partition coefficient (Wildman–Crippen LogP) is 1.36. The third-order valence-electron chi connectivity index (χ3n) is 3.69. The minimum Gasteiger partial charge on any atom is -0.329 e. The maximum absolute atomic E-state index is 5.88. The molecule has 0 aliphatic heterocycles. The monoisotopic (exact) mass is 194 g/mol. The molecule has 1 rings (SSSR count). The average Bonchev–Trinajstić information content (AvgIpc) is 2.18. The Kier molecular flexibility index (Phi) is 3.97. The van der Waals surface area contributed by atoms with Crippen LogP contribution in [0.1, 0.15) is 33.1 Å². The van der Waals surface area contributed by atoms with Crippen LogP contribution in [-0.2, 0) is 0 Å². The van der Waals surface area contributed by atoms with Crippen LogP contribution < -0.4 is 11.1 Å². The molecule has 0 radical (unpaired) electrons. The van der Waals surface area contributed by atoms with Gasteiger partial charge in [-0.3, -0.25) is 5.32 Å². The van der Waals surface area contributed by atoms with Crippen molar-refractivity contribution < 1.29 is 0 Å². The summed E-state index contributed by atoms with van der Waals surface area (Å²) < 4.78 is 0. The van der Waals surface area contributed by atoms with Crippen molar-refractivity contribution in [3.8, 4) is 12.3 Å². The Balaban J connectivity index is 2.63. The first-order valence-electron chi connectivity index (χ1n) is 5.53. The van der Waals surface area contributed by atoms with Crippen molar-refractivity contribution in [2.45, 2.75) is 38.6 Å². The zero-order chi connectivity index (χ0) is 10.6. The molecule has 0 saturated heterocycles. The molecule has 14 heavy (non-hydrogen) atoms. The number of nitrogens with one attached hydrogen (secondary N) is 1. The van der Waals surface area contributed by atoms with Gasteiger partial charge in [-0.05, 0) is 31.1 Å². The highest BCUT2D eigenvalue weighted by Crippen LogP contribution is 2.35. The summed E-state index contributed by atoms with van der Waals surface area (Å²) in [5, 5.41) is 3.44. The number of hydrogen-bond acceptors (Lipinski definition) is 2. The van der Waals surface area contributed by atoms with E-state index >= 15 is 0 Å². The van der Waals surface area contributed by atoms with Crippen LogP contribution in [0, 0.1) is 24.2 Å². The molecule has 80 valence electrons. The number of terminal acetylenes is 1. The van der Waals surface area contributed by atoms with E-state index in [1.807, 2.05) is 0 Å². The van der Waals surface area contributed by atoms with Gasteiger partial charge in [0.25, 0.3) is 0 Å². The van der Waals surface area contributed by atoms with Gasteiger partial charge in [-0.15, -0.1) is 6.42 Å². The van der Waals surface area contributed by atoms with Crippen LogP contribution in [0.15, 0.2) is 0 Å². The molecule has 3 N–H and O–H groups in total. The zero-order valence-corrected chi connectivity index (χ0v) is 9.34. The molecular formula is C12H22N2. The standard InChI is InChI=1S/C12H22N2/c1-4-7-14-12(9-13)6-5-10(2)8-11(12)3/h1,10-11,14H,5-9,13H2,2-3H3. The second-order valence-electron chi connectivity index (χ2n) is 4.70. The van der Waals surface area contributed by atoms with Gasteiger partial charge in [0.1, 0.15) is 0 Å².